The number of rotatable bonds is 4. The van der Waals surface area contributed by atoms with Gasteiger partial charge in [-0.3, -0.25) is 0 Å². The van der Waals surface area contributed by atoms with Crippen LogP contribution in [0.5, 0.6) is 0 Å². The van der Waals surface area contributed by atoms with Gasteiger partial charge < -0.3 is 14.8 Å². The van der Waals surface area contributed by atoms with Crippen molar-refractivity contribution in [3.05, 3.63) is 17.2 Å². The molecule has 0 spiro atoms. The highest BCUT2D eigenvalue weighted by Crippen LogP contribution is 2.32. The fraction of sp³-hybridized carbons (Fsp3) is 0.769. The number of nitrogens with zero attached hydrogens (tertiary/aromatic N) is 3. The van der Waals surface area contributed by atoms with E-state index in [1.54, 1.807) is 0 Å². The molecule has 2 heterocycles. The molecule has 0 amide bonds. The fourth-order valence-electron chi connectivity index (χ4n) is 2.78. The molecule has 0 saturated heterocycles. The van der Waals surface area contributed by atoms with E-state index in [1.165, 1.54) is 4.57 Å². The Morgan fingerprint density at radius 2 is 2.15 bits per heavy atom. The Morgan fingerprint density at radius 3 is 2.80 bits per heavy atom. The van der Waals surface area contributed by atoms with Crippen molar-refractivity contribution in [3.63, 3.8) is 0 Å². The smallest absolute Gasteiger partial charge is 0.323 e. The number of likely N-dealkylation sites (N-methyl/N-ethyl adjacent to an activating group) is 1. The van der Waals surface area contributed by atoms with E-state index < -0.39 is 12.0 Å². The lowest BCUT2D eigenvalue weighted by atomic mass is 10.2. The number of halogens is 3. The summed E-state index contributed by atoms with van der Waals surface area (Å²) in [7, 11) is 1.98. The van der Waals surface area contributed by atoms with Gasteiger partial charge in [-0.1, -0.05) is 0 Å². The van der Waals surface area contributed by atoms with Gasteiger partial charge in [0, 0.05) is 44.3 Å². The topological polar surface area (TPSA) is 33.1 Å². The van der Waals surface area contributed by atoms with E-state index in [2.05, 4.69) is 15.2 Å². The van der Waals surface area contributed by atoms with Crippen molar-refractivity contribution in [2.75, 3.05) is 20.1 Å². The number of nitrogens with one attached hydrogen (secondary N) is 1. The van der Waals surface area contributed by atoms with Crippen LogP contribution in [0, 0.1) is 0 Å². The Kier molecular flexibility index (Phi) is 3.50. The van der Waals surface area contributed by atoms with Gasteiger partial charge in [0.25, 0.3) is 0 Å². The zero-order chi connectivity index (χ0) is 14.3. The van der Waals surface area contributed by atoms with Crippen LogP contribution in [-0.4, -0.2) is 40.6 Å². The van der Waals surface area contributed by atoms with Crippen LogP contribution in [0.25, 0.3) is 0 Å². The molecule has 20 heavy (non-hydrogen) atoms. The molecule has 1 N–H and O–H groups in total. The second-order valence-electron chi connectivity index (χ2n) is 5.62. The lowest BCUT2D eigenvalue weighted by Crippen LogP contribution is -2.29. The minimum Gasteiger partial charge on any atom is -0.323 e. The van der Waals surface area contributed by atoms with Gasteiger partial charge in [-0.25, -0.2) is 4.98 Å². The maximum atomic E-state index is 13.1. The number of fused-ring (bicyclic) bond motifs is 1. The second-order valence-corrected chi connectivity index (χ2v) is 5.62. The third kappa shape index (κ3) is 2.69. The van der Waals surface area contributed by atoms with Crippen molar-refractivity contribution in [1.82, 2.24) is 19.8 Å². The molecule has 1 aromatic rings. The van der Waals surface area contributed by atoms with Gasteiger partial charge in [-0.2, -0.15) is 13.2 Å². The Hall–Kier alpha value is -1.08. The van der Waals surface area contributed by atoms with Crippen molar-refractivity contribution in [1.29, 1.82) is 0 Å². The van der Waals surface area contributed by atoms with Crippen LogP contribution < -0.4 is 5.32 Å². The number of aromatic nitrogens is 2. The van der Waals surface area contributed by atoms with Gasteiger partial charge in [0.05, 0.1) is 5.69 Å². The summed E-state index contributed by atoms with van der Waals surface area (Å²) in [6.45, 7) is 2.16. The molecule has 1 aliphatic heterocycles. The highest BCUT2D eigenvalue weighted by Gasteiger charge is 2.39. The molecule has 112 valence electrons. The van der Waals surface area contributed by atoms with E-state index in [4.69, 9.17) is 0 Å². The fourth-order valence-corrected chi connectivity index (χ4v) is 2.78. The van der Waals surface area contributed by atoms with Crippen LogP contribution in [0.2, 0.25) is 0 Å². The maximum Gasteiger partial charge on any atom is 0.449 e. The van der Waals surface area contributed by atoms with E-state index in [-0.39, 0.29) is 0 Å². The monoisotopic (exact) mass is 288 g/mol. The third-order valence-corrected chi connectivity index (χ3v) is 4.09. The number of imidazole rings is 1. The van der Waals surface area contributed by atoms with Gasteiger partial charge in [0.1, 0.15) is 0 Å². The molecule has 0 unspecified atom stereocenters. The molecule has 4 nitrogen and oxygen atoms in total. The molecule has 1 fully saturated rings. The van der Waals surface area contributed by atoms with Crippen molar-refractivity contribution in [2.45, 2.75) is 44.6 Å². The summed E-state index contributed by atoms with van der Waals surface area (Å²) < 4.78 is 40.7. The van der Waals surface area contributed by atoms with Crippen molar-refractivity contribution in [2.24, 2.45) is 0 Å². The molecule has 3 rings (SSSR count). The second kappa shape index (κ2) is 5.04. The summed E-state index contributed by atoms with van der Waals surface area (Å²) in [5.74, 6) is -0.740. The summed E-state index contributed by atoms with van der Waals surface area (Å²) in [4.78, 5) is 5.96. The number of alkyl halides is 3. The van der Waals surface area contributed by atoms with Gasteiger partial charge >= 0.3 is 6.18 Å². The van der Waals surface area contributed by atoms with E-state index >= 15 is 0 Å². The average Bonchev–Trinajstić information content (AvgIpc) is 3.16. The largest absolute Gasteiger partial charge is 0.449 e. The quantitative estimate of drug-likeness (QED) is 0.914. The van der Waals surface area contributed by atoms with Gasteiger partial charge in [0.2, 0.25) is 5.82 Å². The molecule has 1 saturated carbocycles. The molecular formula is C13H19F3N4. The molecular weight excluding hydrogens is 269 g/mol. The first-order valence-corrected chi connectivity index (χ1v) is 7.03. The molecule has 1 aliphatic carbocycles. The van der Waals surface area contributed by atoms with E-state index in [1.807, 2.05) is 7.05 Å². The van der Waals surface area contributed by atoms with Gasteiger partial charge in [-0.15, -0.1) is 0 Å². The molecule has 0 radical (unpaired) electrons. The Morgan fingerprint density at radius 1 is 1.40 bits per heavy atom. The zero-order valence-electron chi connectivity index (χ0n) is 11.5. The summed E-state index contributed by atoms with van der Waals surface area (Å²) in [6, 6.07) is 0.561. The predicted molar refractivity (Wildman–Crippen MR) is 68.3 cm³/mol. The molecule has 0 atom stereocenters. The zero-order valence-corrected chi connectivity index (χ0v) is 11.5. The number of hydrogen-bond donors (Lipinski definition) is 1. The molecule has 1 aromatic heterocycles. The minimum absolute atomic E-state index is 0.365. The van der Waals surface area contributed by atoms with Crippen LogP contribution in [0.3, 0.4) is 0 Å². The third-order valence-electron chi connectivity index (χ3n) is 4.09. The average molecular weight is 288 g/mol. The van der Waals surface area contributed by atoms with E-state index in [9.17, 15) is 13.2 Å². The van der Waals surface area contributed by atoms with Crippen LogP contribution in [-0.2, 0) is 25.7 Å². The Balaban J connectivity index is 1.84. The van der Waals surface area contributed by atoms with Crippen LogP contribution in [0.4, 0.5) is 13.2 Å². The minimum atomic E-state index is -4.38. The van der Waals surface area contributed by atoms with Gasteiger partial charge in [-0.05, 0) is 19.9 Å². The molecule has 0 aromatic carbocycles. The first-order chi connectivity index (χ1) is 9.47. The van der Waals surface area contributed by atoms with Crippen LogP contribution in [0.1, 0.15) is 30.1 Å². The lowest BCUT2D eigenvalue weighted by molar-refractivity contribution is -0.147. The van der Waals surface area contributed by atoms with E-state index in [0.717, 1.165) is 18.5 Å². The van der Waals surface area contributed by atoms with Crippen molar-refractivity contribution < 1.29 is 13.2 Å². The summed E-state index contributed by atoms with van der Waals surface area (Å²) in [5.41, 5.74) is 1.30. The van der Waals surface area contributed by atoms with Gasteiger partial charge in [0.15, 0.2) is 0 Å². The van der Waals surface area contributed by atoms with Crippen molar-refractivity contribution in [3.8, 4) is 0 Å². The molecule has 7 heteroatoms. The SMILES string of the molecule is CN(CCn1c(C(F)(F)F)nc2c1CCNC2)C1CC1. The highest BCUT2D eigenvalue weighted by atomic mass is 19.4. The first-order valence-electron chi connectivity index (χ1n) is 7.03. The van der Waals surface area contributed by atoms with Crippen LogP contribution >= 0.6 is 0 Å². The lowest BCUT2D eigenvalue weighted by Gasteiger charge is -2.20. The Bertz CT molecular complexity index is 491. The normalized spacial score (nSPS) is 19.4. The van der Waals surface area contributed by atoms with Crippen LogP contribution in [0.15, 0.2) is 0 Å². The summed E-state index contributed by atoms with van der Waals surface area (Å²) in [6.07, 6.45) is -1.44. The summed E-state index contributed by atoms with van der Waals surface area (Å²) >= 11 is 0. The number of hydrogen-bond acceptors (Lipinski definition) is 3. The maximum absolute atomic E-state index is 13.1. The highest BCUT2D eigenvalue weighted by molar-refractivity contribution is 5.21. The van der Waals surface area contributed by atoms with E-state index in [0.29, 0.717) is 44.3 Å². The Labute approximate surface area is 116 Å². The molecule has 2 aliphatic rings. The molecule has 0 bridgehead atoms. The summed E-state index contributed by atoms with van der Waals surface area (Å²) in [5, 5.41) is 3.07. The predicted octanol–water partition coefficient (Wildman–Crippen LogP) is 1.64. The standard InChI is InChI=1S/C13H19F3N4/c1-19(9-2-3-9)6-7-20-11-4-5-17-8-10(11)18-12(20)13(14,15)16/h9,17H,2-8H2,1H3. The van der Waals surface area contributed by atoms with Crippen molar-refractivity contribution >= 4 is 0 Å². The first kappa shape index (κ1) is 13.9.